The molecule has 2 rings (SSSR count). The van der Waals surface area contributed by atoms with Crippen LogP contribution in [0.15, 0.2) is 49.2 Å². The molecule has 1 aromatic carbocycles. The van der Waals surface area contributed by atoms with Gasteiger partial charge in [0.15, 0.2) is 0 Å². The van der Waals surface area contributed by atoms with Gasteiger partial charge in [-0.3, -0.25) is 0 Å². The van der Waals surface area contributed by atoms with Gasteiger partial charge in [0.2, 0.25) is 5.88 Å². The van der Waals surface area contributed by atoms with Crippen LogP contribution in [0.1, 0.15) is 5.56 Å². The minimum atomic E-state index is 0.622. The maximum Gasteiger partial charge on any atom is 0.213 e. The van der Waals surface area contributed by atoms with Gasteiger partial charge in [0.25, 0.3) is 0 Å². The van der Waals surface area contributed by atoms with Crippen molar-refractivity contribution in [2.45, 2.75) is 0 Å². The van der Waals surface area contributed by atoms with Gasteiger partial charge in [-0.1, -0.05) is 36.9 Å². The van der Waals surface area contributed by atoms with E-state index < -0.39 is 0 Å². The van der Waals surface area contributed by atoms with E-state index in [1.54, 1.807) is 13.3 Å². The molecule has 0 amide bonds. The highest BCUT2D eigenvalue weighted by Crippen LogP contribution is 2.26. The summed E-state index contributed by atoms with van der Waals surface area (Å²) in [6.07, 6.45) is 3.59. The van der Waals surface area contributed by atoms with Crippen LogP contribution in [0.5, 0.6) is 5.88 Å². The van der Waals surface area contributed by atoms with E-state index in [2.05, 4.69) is 17.6 Å². The number of ether oxygens (including phenoxy) is 1. The Morgan fingerprint density at radius 1 is 1.25 bits per heavy atom. The molecule has 2 heteroatoms. The van der Waals surface area contributed by atoms with Gasteiger partial charge in [-0.25, -0.2) is 4.98 Å². The fourth-order valence-corrected chi connectivity index (χ4v) is 1.63. The van der Waals surface area contributed by atoms with Crippen LogP contribution in [-0.4, -0.2) is 12.1 Å². The Hall–Kier alpha value is -2.09. The molecule has 0 aliphatic carbocycles. The lowest BCUT2D eigenvalue weighted by atomic mass is 10.0. The molecular formula is C14H13NO. The molecule has 2 nitrogen and oxygen atoms in total. The Bertz CT molecular complexity index is 506. The van der Waals surface area contributed by atoms with Crippen LogP contribution < -0.4 is 4.74 Å². The zero-order chi connectivity index (χ0) is 11.4. The third kappa shape index (κ3) is 1.96. The molecule has 0 atom stereocenters. The van der Waals surface area contributed by atoms with Crippen LogP contribution in [0.3, 0.4) is 0 Å². The fraction of sp³-hybridized carbons (Fsp3) is 0.0714. The topological polar surface area (TPSA) is 22.1 Å². The maximum atomic E-state index is 5.11. The molecule has 0 N–H and O–H groups in total. The standard InChI is InChI=1S/C14H13NO/c1-3-11-6-4-5-7-13(11)12-8-9-15-14(10-12)16-2/h3-10H,1H2,2H3. The van der Waals surface area contributed by atoms with Gasteiger partial charge in [0.05, 0.1) is 7.11 Å². The predicted octanol–water partition coefficient (Wildman–Crippen LogP) is 3.40. The highest BCUT2D eigenvalue weighted by Gasteiger charge is 2.03. The number of rotatable bonds is 3. The van der Waals surface area contributed by atoms with Crippen molar-refractivity contribution in [1.82, 2.24) is 4.98 Å². The molecule has 0 bridgehead atoms. The van der Waals surface area contributed by atoms with Crippen molar-refractivity contribution in [3.05, 3.63) is 54.7 Å². The molecule has 0 aliphatic rings. The van der Waals surface area contributed by atoms with E-state index in [0.717, 1.165) is 16.7 Å². The van der Waals surface area contributed by atoms with E-state index in [4.69, 9.17) is 4.74 Å². The maximum absolute atomic E-state index is 5.11. The first kappa shape index (κ1) is 10.4. The second-order valence-electron chi connectivity index (χ2n) is 3.38. The number of hydrogen-bond acceptors (Lipinski definition) is 2. The highest BCUT2D eigenvalue weighted by molar-refractivity contribution is 5.74. The molecule has 0 radical (unpaired) electrons. The second kappa shape index (κ2) is 4.62. The molecule has 2 aromatic rings. The second-order valence-corrected chi connectivity index (χ2v) is 3.38. The average Bonchev–Trinajstić information content (AvgIpc) is 2.38. The smallest absolute Gasteiger partial charge is 0.213 e. The van der Waals surface area contributed by atoms with E-state index in [1.165, 1.54) is 0 Å². The first-order chi connectivity index (χ1) is 7.85. The Kier molecular flexibility index (Phi) is 3.01. The molecule has 0 aliphatic heterocycles. The predicted molar refractivity (Wildman–Crippen MR) is 66.3 cm³/mol. The van der Waals surface area contributed by atoms with Crippen LogP contribution >= 0.6 is 0 Å². The van der Waals surface area contributed by atoms with E-state index in [9.17, 15) is 0 Å². The van der Waals surface area contributed by atoms with E-state index in [-0.39, 0.29) is 0 Å². The van der Waals surface area contributed by atoms with Gasteiger partial charge in [0, 0.05) is 12.3 Å². The SMILES string of the molecule is C=Cc1ccccc1-c1ccnc(OC)c1. The van der Waals surface area contributed by atoms with Gasteiger partial charge >= 0.3 is 0 Å². The van der Waals surface area contributed by atoms with Gasteiger partial charge in [-0.2, -0.15) is 0 Å². The number of pyridine rings is 1. The molecule has 0 spiro atoms. The molecule has 0 unspecified atom stereocenters. The molecule has 0 saturated heterocycles. The van der Waals surface area contributed by atoms with Crippen molar-refractivity contribution in [1.29, 1.82) is 0 Å². The molecule has 1 heterocycles. The Labute approximate surface area is 95.2 Å². The lowest BCUT2D eigenvalue weighted by Crippen LogP contribution is -1.88. The molecule has 80 valence electrons. The summed E-state index contributed by atoms with van der Waals surface area (Å²) in [5.74, 6) is 0.622. The summed E-state index contributed by atoms with van der Waals surface area (Å²) in [7, 11) is 1.62. The van der Waals surface area contributed by atoms with Crippen molar-refractivity contribution in [2.75, 3.05) is 7.11 Å². The minimum Gasteiger partial charge on any atom is -0.481 e. The van der Waals surface area contributed by atoms with Crippen LogP contribution in [0, 0.1) is 0 Å². The average molecular weight is 211 g/mol. The zero-order valence-corrected chi connectivity index (χ0v) is 9.18. The summed E-state index contributed by atoms with van der Waals surface area (Å²) >= 11 is 0. The first-order valence-corrected chi connectivity index (χ1v) is 5.07. The van der Waals surface area contributed by atoms with Crippen LogP contribution in [0.25, 0.3) is 17.2 Å². The molecule has 16 heavy (non-hydrogen) atoms. The molecule has 0 saturated carbocycles. The fourth-order valence-electron chi connectivity index (χ4n) is 1.63. The van der Waals surface area contributed by atoms with Crippen LogP contribution in [0.2, 0.25) is 0 Å². The number of hydrogen-bond donors (Lipinski definition) is 0. The van der Waals surface area contributed by atoms with E-state index in [0.29, 0.717) is 5.88 Å². The molecule has 0 fully saturated rings. The summed E-state index contributed by atoms with van der Waals surface area (Å²) in [6, 6.07) is 12.0. The lowest BCUT2D eigenvalue weighted by molar-refractivity contribution is 0.398. The van der Waals surface area contributed by atoms with E-state index >= 15 is 0 Å². The van der Waals surface area contributed by atoms with Crippen molar-refractivity contribution >= 4 is 6.08 Å². The van der Waals surface area contributed by atoms with E-state index in [1.807, 2.05) is 36.4 Å². The summed E-state index contributed by atoms with van der Waals surface area (Å²) in [5.41, 5.74) is 3.33. The van der Waals surface area contributed by atoms with Crippen molar-refractivity contribution in [3.8, 4) is 17.0 Å². The van der Waals surface area contributed by atoms with Crippen molar-refractivity contribution < 1.29 is 4.74 Å². The van der Waals surface area contributed by atoms with Gasteiger partial charge in [-0.15, -0.1) is 0 Å². The zero-order valence-electron chi connectivity index (χ0n) is 9.18. The van der Waals surface area contributed by atoms with Crippen molar-refractivity contribution in [3.63, 3.8) is 0 Å². The number of nitrogens with zero attached hydrogens (tertiary/aromatic N) is 1. The Balaban J connectivity index is 2.53. The normalized spacial score (nSPS) is 9.81. The summed E-state index contributed by atoms with van der Waals surface area (Å²) < 4.78 is 5.11. The first-order valence-electron chi connectivity index (χ1n) is 5.07. The number of aromatic nitrogens is 1. The summed E-state index contributed by atoms with van der Waals surface area (Å²) in [4.78, 5) is 4.09. The van der Waals surface area contributed by atoms with Gasteiger partial charge in [0.1, 0.15) is 0 Å². The quantitative estimate of drug-likeness (QED) is 0.776. The van der Waals surface area contributed by atoms with Gasteiger partial charge in [-0.05, 0) is 22.8 Å². The summed E-state index contributed by atoms with van der Waals surface area (Å²) in [6.45, 7) is 3.81. The Morgan fingerprint density at radius 3 is 2.81 bits per heavy atom. The van der Waals surface area contributed by atoms with Crippen molar-refractivity contribution in [2.24, 2.45) is 0 Å². The highest BCUT2D eigenvalue weighted by atomic mass is 16.5. The molecular weight excluding hydrogens is 198 g/mol. The third-order valence-electron chi connectivity index (χ3n) is 2.44. The van der Waals surface area contributed by atoms with Crippen LogP contribution in [0.4, 0.5) is 0 Å². The number of benzene rings is 1. The summed E-state index contributed by atoms with van der Waals surface area (Å²) in [5, 5.41) is 0. The largest absolute Gasteiger partial charge is 0.481 e. The Morgan fingerprint density at radius 2 is 2.06 bits per heavy atom. The molecule has 1 aromatic heterocycles. The number of methoxy groups -OCH3 is 1. The van der Waals surface area contributed by atoms with Crippen LogP contribution in [-0.2, 0) is 0 Å². The monoisotopic (exact) mass is 211 g/mol. The third-order valence-corrected chi connectivity index (χ3v) is 2.44. The van der Waals surface area contributed by atoms with Gasteiger partial charge < -0.3 is 4.74 Å². The minimum absolute atomic E-state index is 0.622. The lowest BCUT2D eigenvalue weighted by Gasteiger charge is -2.07.